The van der Waals surface area contributed by atoms with Crippen molar-refractivity contribution in [2.24, 2.45) is 0 Å². The second-order valence-corrected chi connectivity index (χ2v) is 5.42. The van der Waals surface area contributed by atoms with E-state index >= 15 is 0 Å². The summed E-state index contributed by atoms with van der Waals surface area (Å²) in [4.78, 5) is 2.38. The molecule has 0 radical (unpaired) electrons. The number of nitrogens with one attached hydrogen (secondary N) is 1. The predicted octanol–water partition coefficient (Wildman–Crippen LogP) is 11.5. The molecule has 2 aromatic rings. The first-order valence-corrected chi connectivity index (χ1v) is 13.5. The number of hydrogen-bond acceptors (Lipinski definition) is 2. The standard InChI is InChI=1S/C9H16N2.C5H6BrN.C4H11N.4C2H6.5CH4/c1-3-10(4-2)9-11-7-5-6-8-11;6-5-7-3-1-2-4-7;1-3-5-4-2;4*1-2;;;;;/h5-8H,3-4,9H2,1-2H3;1-4H,5H2;5H,3-4H2,1-2H3;4*1-2H3;5*1H4. The summed E-state index contributed by atoms with van der Waals surface area (Å²) in [5.74, 6) is 0. The molecule has 0 aliphatic rings. The van der Waals surface area contributed by atoms with Crippen LogP contribution in [-0.2, 0) is 12.1 Å². The number of nitrogens with zero attached hydrogens (tertiary/aromatic N) is 3. The van der Waals surface area contributed by atoms with Gasteiger partial charge < -0.3 is 14.5 Å². The van der Waals surface area contributed by atoms with Crippen molar-refractivity contribution in [2.45, 2.75) is 132 Å². The maximum atomic E-state index is 3.30. The normalized spacial score (nSPS) is 6.94. The number of aromatic nitrogens is 2. The molecule has 36 heavy (non-hydrogen) atoms. The van der Waals surface area contributed by atoms with Crippen molar-refractivity contribution in [1.82, 2.24) is 19.4 Å². The number of halogens is 1. The number of hydrogen-bond donors (Lipinski definition) is 1. The molecule has 0 amide bonds. The Bertz CT molecular complexity index is 423. The van der Waals surface area contributed by atoms with Crippen LogP contribution in [0.3, 0.4) is 0 Å². The van der Waals surface area contributed by atoms with E-state index in [4.69, 9.17) is 0 Å². The molecule has 0 aliphatic heterocycles. The lowest BCUT2D eigenvalue weighted by Gasteiger charge is -2.18. The summed E-state index contributed by atoms with van der Waals surface area (Å²) in [6.45, 7) is 30.0. The van der Waals surface area contributed by atoms with E-state index in [1.54, 1.807) is 0 Å². The zero-order valence-corrected chi connectivity index (χ0v) is 24.7. The minimum Gasteiger partial charge on any atom is -0.344 e. The Hall–Kier alpha value is -1.04. The Morgan fingerprint density at radius 1 is 0.556 bits per heavy atom. The van der Waals surface area contributed by atoms with Crippen molar-refractivity contribution < 1.29 is 0 Å². The maximum Gasteiger partial charge on any atom is 0.0773 e. The summed E-state index contributed by atoms with van der Waals surface area (Å²) in [6, 6.07) is 8.12. The molecule has 0 saturated heterocycles. The molecular weight excluding hydrogens is 508 g/mol. The highest BCUT2D eigenvalue weighted by molar-refractivity contribution is 9.08. The second-order valence-electron chi connectivity index (χ2n) is 4.92. The Morgan fingerprint density at radius 3 is 1.00 bits per heavy atom. The van der Waals surface area contributed by atoms with E-state index in [-0.39, 0.29) is 37.1 Å². The smallest absolute Gasteiger partial charge is 0.0773 e. The van der Waals surface area contributed by atoms with Crippen LogP contribution in [0.15, 0.2) is 49.1 Å². The van der Waals surface area contributed by atoms with E-state index in [1.165, 1.54) is 0 Å². The van der Waals surface area contributed by atoms with Gasteiger partial charge in [-0.15, -0.1) is 0 Å². The highest BCUT2D eigenvalue weighted by atomic mass is 79.9. The van der Waals surface area contributed by atoms with Crippen molar-refractivity contribution in [3.63, 3.8) is 0 Å². The van der Waals surface area contributed by atoms with Crippen LogP contribution in [0.25, 0.3) is 0 Å². The maximum absolute atomic E-state index is 3.30. The van der Waals surface area contributed by atoms with Gasteiger partial charge in [-0.05, 0) is 50.4 Å². The molecule has 0 bridgehead atoms. The summed E-state index contributed by atoms with van der Waals surface area (Å²) in [6.07, 6.45) is 8.21. The predicted molar refractivity (Wildman–Crippen MR) is 184 cm³/mol. The fraction of sp³-hybridized carbons (Fsp3) is 0.742. The molecule has 0 aliphatic carbocycles. The van der Waals surface area contributed by atoms with Gasteiger partial charge in [0.05, 0.1) is 12.1 Å². The largest absolute Gasteiger partial charge is 0.344 e. The third-order valence-electron chi connectivity index (χ3n) is 3.23. The highest BCUT2D eigenvalue weighted by Gasteiger charge is 1.96. The zero-order valence-electron chi connectivity index (χ0n) is 23.1. The highest BCUT2D eigenvalue weighted by Crippen LogP contribution is 1.94. The van der Waals surface area contributed by atoms with Gasteiger partial charge in [0, 0.05) is 24.8 Å². The van der Waals surface area contributed by atoms with Crippen LogP contribution in [0.1, 0.15) is 120 Å². The Labute approximate surface area is 242 Å². The van der Waals surface area contributed by atoms with Gasteiger partial charge in [-0.2, -0.15) is 0 Å². The van der Waals surface area contributed by atoms with E-state index in [1.807, 2.05) is 84.5 Å². The van der Waals surface area contributed by atoms with Gasteiger partial charge in [0.1, 0.15) is 0 Å². The quantitative estimate of drug-likeness (QED) is 0.327. The fourth-order valence-electron chi connectivity index (χ4n) is 1.82. The van der Waals surface area contributed by atoms with Crippen molar-refractivity contribution in [1.29, 1.82) is 0 Å². The number of rotatable bonds is 7. The van der Waals surface area contributed by atoms with Gasteiger partial charge in [0.25, 0.3) is 0 Å². The van der Waals surface area contributed by atoms with E-state index < -0.39 is 0 Å². The molecule has 0 atom stereocenters. The molecule has 4 nitrogen and oxygen atoms in total. The minimum atomic E-state index is 0. The minimum absolute atomic E-state index is 0. The van der Waals surface area contributed by atoms with Gasteiger partial charge in [0.15, 0.2) is 0 Å². The van der Waals surface area contributed by atoms with Crippen LogP contribution in [0.5, 0.6) is 0 Å². The molecular formula is C31H77BrN4. The molecule has 2 heterocycles. The Balaban J connectivity index is -0.0000000302. The van der Waals surface area contributed by atoms with Gasteiger partial charge in [-0.25, -0.2) is 0 Å². The first-order chi connectivity index (χ1) is 15.2. The van der Waals surface area contributed by atoms with Gasteiger partial charge >= 0.3 is 0 Å². The summed E-state index contributed by atoms with van der Waals surface area (Å²) in [5, 5.41) is 3.11. The van der Waals surface area contributed by atoms with Gasteiger partial charge in [-0.1, -0.05) is 136 Å². The van der Waals surface area contributed by atoms with Crippen LogP contribution in [0.2, 0.25) is 0 Å². The van der Waals surface area contributed by atoms with E-state index in [2.05, 4.69) is 82.9 Å². The summed E-state index contributed by atoms with van der Waals surface area (Å²) in [5.41, 5.74) is 0.889. The molecule has 5 heteroatoms. The summed E-state index contributed by atoms with van der Waals surface area (Å²) < 4.78 is 4.23. The molecule has 0 fully saturated rings. The fourth-order valence-corrected chi connectivity index (χ4v) is 2.15. The molecule has 0 aromatic carbocycles. The third-order valence-corrected chi connectivity index (χ3v) is 3.81. The number of alkyl halides is 1. The molecule has 1 N–H and O–H groups in total. The molecule has 0 unspecified atom stereocenters. The SMILES string of the molecule is BrCn1cccc1.C.C.C.C.C.CC.CC.CC.CC.CCN(CC)Cn1cccc1.CCNCC. The lowest BCUT2D eigenvalue weighted by atomic mass is 10.5. The molecule has 228 valence electrons. The molecule has 2 aromatic heterocycles. The Kier molecular flexibility index (Phi) is 126. The average Bonchev–Trinajstić information content (AvgIpc) is 3.58. The van der Waals surface area contributed by atoms with Gasteiger partial charge in [0.2, 0.25) is 0 Å². The van der Waals surface area contributed by atoms with Crippen molar-refractivity contribution in [3.05, 3.63) is 49.1 Å². The summed E-state index contributed by atoms with van der Waals surface area (Å²) >= 11 is 3.30. The zero-order chi connectivity index (χ0) is 25.3. The first-order valence-electron chi connectivity index (χ1n) is 12.4. The first kappa shape index (κ1) is 64.7. The Morgan fingerprint density at radius 2 is 0.833 bits per heavy atom. The van der Waals surface area contributed by atoms with Crippen LogP contribution >= 0.6 is 15.9 Å². The summed E-state index contributed by atoms with van der Waals surface area (Å²) in [7, 11) is 0. The van der Waals surface area contributed by atoms with Crippen LogP contribution in [-0.4, -0.2) is 40.2 Å². The van der Waals surface area contributed by atoms with Crippen LogP contribution < -0.4 is 5.32 Å². The second kappa shape index (κ2) is 70.0. The third kappa shape index (κ3) is 54.0. The average molecular weight is 586 g/mol. The molecule has 0 saturated carbocycles. The van der Waals surface area contributed by atoms with Crippen molar-refractivity contribution in [3.8, 4) is 0 Å². The molecule has 0 spiro atoms. The van der Waals surface area contributed by atoms with Crippen molar-refractivity contribution >= 4 is 15.9 Å². The van der Waals surface area contributed by atoms with Gasteiger partial charge in [-0.3, -0.25) is 4.90 Å². The lowest BCUT2D eigenvalue weighted by molar-refractivity contribution is 0.242. The topological polar surface area (TPSA) is 25.1 Å². The van der Waals surface area contributed by atoms with E-state index in [0.717, 1.165) is 38.3 Å². The lowest BCUT2D eigenvalue weighted by Crippen LogP contribution is -2.25. The van der Waals surface area contributed by atoms with Crippen LogP contribution in [0, 0.1) is 0 Å². The van der Waals surface area contributed by atoms with Crippen LogP contribution in [0.4, 0.5) is 0 Å². The van der Waals surface area contributed by atoms with Crippen molar-refractivity contribution in [2.75, 3.05) is 26.2 Å². The monoisotopic (exact) mass is 585 g/mol. The van der Waals surface area contributed by atoms with E-state index in [9.17, 15) is 0 Å². The molecule has 2 rings (SSSR count). The van der Waals surface area contributed by atoms with E-state index in [0.29, 0.717) is 0 Å².